The van der Waals surface area contributed by atoms with Gasteiger partial charge in [-0.2, -0.15) is 4.98 Å². The van der Waals surface area contributed by atoms with Gasteiger partial charge in [0, 0.05) is 94.0 Å². The minimum absolute atomic E-state index is 0.0240. The molecule has 0 aliphatic carbocycles. The van der Waals surface area contributed by atoms with E-state index in [2.05, 4.69) is 57.7 Å². The van der Waals surface area contributed by atoms with Crippen LogP contribution in [0.5, 0.6) is 0 Å². The Morgan fingerprint density at radius 1 is 1.05 bits per heavy atom. The monoisotopic (exact) mass is 530 g/mol. The smallest absolute Gasteiger partial charge is 0.252 e. The molecule has 0 radical (unpaired) electrons. The predicted octanol–water partition coefficient (Wildman–Crippen LogP) is 2.40. The van der Waals surface area contributed by atoms with Gasteiger partial charge in [0.15, 0.2) is 0 Å². The molecule has 2 aromatic heterocycles. The van der Waals surface area contributed by atoms with Gasteiger partial charge in [0.05, 0.1) is 0 Å². The fourth-order valence-corrected chi connectivity index (χ4v) is 5.43. The molecule has 1 amide bonds. The third-order valence-electron chi connectivity index (χ3n) is 7.89. The van der Waals surface area contributed by atoms with Gasteiger partial charge in [0.2, 0.25) is 11.9 Å². The zero-order chi connectivity index (χ0) is 27.4. The van der Waals surface area contributed by atoms with E-state index in [-0.39, 0.29) is 17.5 Å². The Labute approximate surface area is 229 Å². The number of aromatic nitrogens is 3. The molecule has 0 saturated carbocycles. The molecule has 0 spiro atoms. The average Bonchev–Trinajstić information content (AvgIpc) is 2.97. The van der Waals surface area contributed by atoms with Crippen molar-refractivity contribution in [3.05, 3.63) is 65.6 Å². The van der Waals surface area contributed by atoms with Crippen molar-refractivity contribution >= 4 is 34.3 Å². The lowest BCUT2D eigenvalue weighted by molar-refractivity contribution is -0.129. The number of carbonyl (C=O) groups excluding carboxylic acids is 1. The molecule has 1 N–H and O–H groups in total. The van der Waals surface area contributed by atoms with Crippen LogP contribution in [0.1, 0.15) is 13.3 Å². The van der Waals surface area contributed by atoms with Crippen molar-refractivity contribution in [2.24, 2.45) is 0 Å². The molecule has 1 aromatic carbocycles. The molecule has 3 aromatic rings. The normalized spacial score (nSPS) is 18.9. The molecule has 1 atom stereocenters. The number of hydrogen-bond donors (Lipinski definition) is 1. The number of hydrogen-bond acceptors (Lipinski definition) is 8. The Balaban J connectivity index is 1.29. The summed E-state index contributed by atoms with van der Waals surface area (Å²) in [6, 6.07) is 11.9. The highest BCUT2D eigenvalue weighted by Gasteiger charge is 2.27. The van der Waals surface area contributed by atoms with E-state index in [1.54, 1.807) is 22.9 Å². The summed E-state index contributed by atoms with van der Waals surface area (Å²) in [6.07, 6.45) is 4.06. The zero-order valence-corrected chi connectivity index (χ0v) is 22.9. The molecule has 2 saturated heterocycles. The number of carbonyl (C=O) groups is 1. The van der Waals surface area contributed by atoms with Crippen LogP contribution in [0.2, 0.25) is 0 Å². The van der Waals surface area contributed by atoms with Crippen LogP contribution in [0.4, 0.5) is 17.3 Å². The van der Waals surface area contributed by atoms with Gasteiger partial charge in [0.1, 0.15) is 5.65 Å². The van der Waals surface area contributed by atoms with Crippen LogP contribution in [-0.2, 0) is 11.3 Å². The maximum Gasteiger partial charge on any atom is 0.252 e. The number of fused-ring (bicyclic) bond motifs is 1. The fraction of sp³-hybridized carbons (Fsp3) is 0.448. The number of piperazine rings is 2. The minimum atomic E-state index is -0.0859. The van der Waals surface area contributed by atoms with Crippen molar-refractivity contribution < 1.29 is 4.79 Å². The third-order valence-corrected chi connectivity index (χ3v) is 7.89. The maximum absolute atomic E-state index is 12.9. The molecule has 39 heavy (non-hydrogen) atoms. The maximum atomic E-state index is 12.9. The SMILES string of the molecule is C=CC(=O)N1CCN(CCn2c(=O)ccc3cnc(Nc4ccc(N5CCN(C)CC5)cc4)nc32)C(CC)C1. The second-order valence-corrected chi connectivity index (χ2v) is 10.3. The number of pyridine rings is 1. The van der Waals surface area contributed by atoms with Crippen molar-refractivity contribution in [1.82, 2.24) is 29.2 Å². The first-order valence-corrected chi connectivity index (χ1v) is 13.8. The largest absolute Gasteiger partial charge is 0.369 e. The van der Waals surface area contributed by atoms with Crippen molar-refractivity contribution in [2.45, 2.75) is 25.9 Å². The minimum Gasteiger partial charge on any atom is -0.369 e. The first-order chi connectivity index (χ1) is 18.9. The number of nitrogens with zero attached hydrogens (tertiary/aromatic N) is 7. The topological polar surface area (TPSA) is 89.8 Å². The van der Waals surface area contributed by atoms with E-state index >= 15 is 0 Å². The van der Waals surface area contributed by atoms with Crippen molar-refractivity contribution in [3.8, 4) is 0 Å². The molecular weight excluding hydrogens is 492 g/mol. The number of anilines is 3. The Hall–Kier alpha value is -3.76. The van der Waals surface area contributed by atoms with Crippen LogP contribution in [0.25, 0.3) is 11.0 Å². The summed E-state index contributed by atoms with van der Waals surface area (Å²) in [4.78, 5) is 43.2. The molecule has 2 fully saturated rings. The van der Waals surface area contributed by atoms with E-state index < -0.39 is 0 Å². The highest BCUT2D eigenvalue weighted by atomic mass is 16.2. The lowest BCUT2D eigenvalue weighted by atomic mass is 10.1. The molecule has 0 bridgehead atoms. The Morgan fingerprint density at radius 2 is 1.82 bits per heavy atom. The molecule has 10 nitrogen and oxygen atoms in total. The zero-order valence-electron chi connectivity index (χ0n) is 22.9. The van der Waals surface area contributed by atoms with Crippen molar-refractivity contribution in [3.63, 3.8) is 0 Å². The number of amides is 1. The summed E-state index contributed by atoms with van der Waals surface area (Å²) in [7, 11) is 2.16. The lowest BCUT2D eigenvalue weighted by Gasteiger charge is -2.41. The van der Waals surface area contributed by atoms with Crippen LogP contribution < -0.4 is 15.8 Å². The highest BCUT2D eigenvalue weighted by Crippen LogP contribution is 2.22. The van der Waals surface area contributed by atoms with E-state index in [1.807, 2.05) is 17.0 Å². The van der Waals surface area contributed by atoms with E-state index in [0.717, 1.165) is 50.2 Å². The Bertz CT molecular complexity index is 1360. The summed E-state index contributed by atoms with van der Waals surface area (Å²) in [6.45, 7) is 13.2. The summed E-state index contributed by atoms with van der Waals surface area (Å²) < 4.78 is 1.73. The second kappa shape index (κ2) is 12.0. The van der Waals surface area contributed by atoms with Gasteiger partial charge in [0.25, 0.3) is 5.56 Å². The van der Waals surface area contributed by atoms with E-state index in [9.17, 15) is 9.59 Å². The molecule has 1 unspecified atom stereocenters. The van der Waals surface area contributed by atoms with Crippen LogP contribution in [0.15, 0.2) is 60.0 Å². The van der Waals surface area contributed by atoms with Crippen LogP contribution in [0.3, 0.4) is 0 Å². The second-order valence-electron chi connectivity index (χ2n) is 10.3. The number of rotatable bonds is 8. The number of likely N-dealkylation sites (N-methyl/N-ethyl adjacent to an activating group) is 1. The van der Waals surface area contributed by atoms with E-state index in [1.165, 1.54) is 11.8 Å². The van der Waals surface area contributed by atoms with Crippen molar-refractivity contribution in [2.75, 3.05) is 69.6 Å². The molecule has 206 valence electrons. The van der Waals surface area contributed by atoms with Gasteiger partial charge in [-0.1, -0.05) is 13.5 Å². The van der Waals surface area contributed by atoms with Gasteiger partial charge < -0.3 is 20.0 Å². The van der Waals surface area contributed by atoms with Crippen LogP contribution in [-0.4, -0.2) is 101 Å². The van der Waals surface area contributed by atoms with E-state index in [4.69, 9.17) is 4.98 Å². The lowest BCUT2D eigenvalue weighted by Crippen LogP contribution is -2.55. The Kier molecular flexibility index (Phi) is 8.23. The number of nitrogens with one attached hydrogen (secondary N) is 1. The molecule has 10 heteroatoms. The average molecular weight is 531 g/mol. The highest BCUT2D eigenvalue weighted by molar-refractivity contribution is 5.87. The fourth-order valence-electron chi connectivity index (χ4n) is 5.43. The summed E-state index contributed by atoms with van der Waals surface area (Å²) in [5.41, 5.74) is 2.64. The van der Waals surface area contributed by atoms with Gasteiger partial charge in [-0.3, -0.25) is 19.1 Å². The molecule has 2 aliphatic rings. The van der Waals surface area contributed by atoms with Crippen LogP contribution >= 0.6 is 0 Å². The van der Waals surface area contributed by atoms with Gasteiger partial charge in [-0.15, -0.1) is 0 Å². The summed E-state index contributed by atoms with van der Waals surface area (Å²) in [5.74, 6) is 0.432. The number of benzene rings is 1. The van der Waals surface area contributed by atoms with Crippen LogP contribution in [0, 0.1) is 0 Å². The Morgan fingerprint density at radius 3 is 2.54 bits per heavy atom. The molecule has 4 heterocycles. The predicted molar refractivity (Wildman–Crippen MR) is 156 cm³/mol. The summed E-state index contributed by atoms with van der Waals surface area (Å²) in [5, 5.41) is 4.12. The van der Waals surface area contributed by atoms with Crippen molar-refractivity contribution in [1.29, 1.82) is 0 Å². The first kappa shape index (κ1) is 26.8. The quantitative estimate of drug-likeness (QED) is 0.444. The van der Waals surface area contributed by atoms with E-state index in [0.29, 0.717) is 37.8 Å². The van der Waals surface area contributed by atoms with Gasteiger partial charge in [-0.25, -0.2) is 4.98 Å². The standard InChI is InChI=1S/C29H38N8O2/c1-4-24-21-36(26(38)5-2)17-16-34(24)18-19-37-27(39)11-6-22-20-30-29(32-28(22)37)31-23-7-9-25(10-8-23)35-14-12-33(3)13-15-35/h5-11,20,24H,2,4,12-19,21H2,1,3H3,(H,30,31,32). The summed E-state index contributed by atoms with van der Waals surface area (Å²) >= 11 is 0. The molecule has 5 rings (SSSR count). The molecule has 2 aliphatic heterocycles. The van der Waals surface area contributed by atoms with Gasteiger partial charge in [-0.05, 0) is 49.9 Å². The first-order valence-electron chi connectivity index (χ1n) is 13.8. The molecular formula is C29H38N8O2. The third kappa shape index (κ3) is 6.12. The van der Waals surface area contributed by atoms with Gasteiger partial charge >= 0.3 is 0 Å².